The molecule has 1 aliphatic heterocycles. The zero-order valence-corrected chi connectivity index (χ0v) is 19.8. The summed E-state index contributed by atoms with van der Waals surface area (Å²) in [5, 5.41) is 0. The lowest BCUT2D eigenvalue weighted by Gasteiger charge is -2.28. The van der Waals surface area contributed by atoms with Crippen LogP contribution >= 0.6 is 0 Å². The van der Waals surface area contributed by atoms with Crippen LogP contribution in [0, 0.1) is 23.4 Å². The van der Waals surface area contributed by atoms with Crippen LogP contribution in [0.3, 0.4) is 0 Å². The molecule has 34 heavy (non-hydrogen) atoms. The molecule has 0 aromatic heterocycles. The Balaban J connectivity index is 1.50. The molecule has 3 aromatic rings. The largest absolute Gasteiger partial charge is 0.373 e. The Labute approximate surface area is 200 Å². The molecule has 0 N–H and O–H groups in total. The Bertz CT molecular complexity index is 1140. The fourth-order valence-corrected chi connectivity index (χ4v) is 4.62. The molecule has 1 saturated heterocycles. The molecule has 1 nitrogen and oxygen atoms in total. The molecular weight excluding hydrogens is 433 g/mol. The van der Waals surface area contributed by atoms with Gasteiger partial charge in [-0.1, -0.05) is 74.0 Å². The molecule has 0 bridgehead atoms. The van der Waals surface area contributed by atoms with E-state index in [4.69, 9.17) is 4.74 Å². The van der Waals surface area contributed by atoms with Crippen molar-refractivity contribution in [2.24, 2.45) is 5.92 Å². The van der Waals surface area contributed by atoms with Gasteiger partial charge >= 0.3 is 0 Å². The van der Waals surface area contributed by atoms with Gasteiger partial charge in [0, 0.05) is 17.0 Å². The number of benzene rings is 3. The highest BCUT2D eigenvalue weighted by Gasteiger charge is 2.24. The first kappa shape index (κ1) is 24.3. The van der Waals surface area contributed by atoms with E-state index >= 15 is 0 Å². The van der Waals surface area contributed by atoms with E-state index in [0.29, 0.717) is 35.6 Å². The Hall–Kier alpha value is -2.85. The van der Waals surface area contributed by atoms with Gasteiger partial charge in [-0.2, -0.15) is 0 Å². The number of halogens is 3. The lowest BCUT2D eigenvalue weighted by Crippen LogP contribution is -2.20. The third-order valence-electron chi connectivity index (χ3n) is 6.61. The summed E-state index contributed by atoms with van der Waals surface area (Å²) in [4.78, 5) is 0. The van der Waals surface area contributed by atoms with Crippen LogP contribution in [0.2, 0.25) is 0 Å². The van der Waals surface area contributed by atoms with Gasteiger partial charge in [0.25, 0.3) is 0 Å². The Morgan fingerprint density at radius 1 is 0.882 bits per heavy atom. The van der Waals surface area contributed by atoms with Crippen LogP contribution < -0.4 is 0 Å². The smallest absolute Gasteiger partial charge is 0.166 e. The van der Waals surface area contributed by atoms with E-state index in [0.717, 1.165) is 36.8 Å². The molecule has 1 aliphatic rings. The van der Waals surface area contributed by atoms with Crippen molar-refractivity contribution < 1.29 is 17.9 Å². The van der Waals surface area contributed by atoms with Crippen molar-refractivity contribution in [1.82, 2.24) is 0 Å². The molecule has 0 saturated carbocycles. The van der Waals surface area contributed by atoms with Crippen molar-refractivity contribution in [2.45, 2.75) is 52.1 Å². The van der Waals surface area contributed by atoms with Gasteiger partial charge < -0.3 is 4.74 Å². The molecule has 2 atom stereocenters. The van der Waals surface area contributed by atoms with Gasteiger partial charge in [0.1, 0.15) is 5.82 Å². The van der Waals surface area contributed by atoms with Crippen LogP contribution in [0.4, 0.5) is 13.2 Å². The summed E-state index contributed by atoms with van der Waals surface area (Å²) in [6.07, 6.45) is 8.00. The number of allylic oxidation sites excluding steroid dienone is 1. The standard InChI is InChI=1S/C30H31F3O/c1-3-5-7-23-13-15-25(30(33)29(23)32)22-11-9-21(10-12-22)24-14-16-26(27(31)18-24)28-17-8-20(6-4-2)19-34-28/h4,6,9-16,18,20,28H,3,5,7-8,17,19H2,1-2H3. The third-order valence-corrected chi connectivity index (χ3v) is 6.61. The first-order chi connectivity index (χ1) is 16.5. The molecule has 0 radical (unpaired) electrons. The van der Waals surface area contributed by atoms with Crippen LogP contribution in [0.1, 0.15) is 56.8 Å². The first-order valence-corrected chi connectivity index (χ1v) is 12.1. The van der Waals surface area contributed by atoms with Crippen LogP contribution in [0.25, 0.3) is 22.3 Å². The SMILES string of the molecule is CC=CC1CCC(c2ccc(-c3ccc(-c4ccc(CCCC)c(F)c4F)cc3)cc2F)OC1. The fraction of sp³-hybridized carbons (Fsp3) is 0.333. The average molecular weight is 465 g/mol. The van der Waals surface area contributed by atoms with Crippen molar-refractivity contribution in [3.63, 3.8) is 0 Å². The van der Waals surface area contributed by atoms with E-state index in [-0.39, 0.29) is 17.5 Å². The Morgan fingerprint density at radius 3 is 2.26 bits per heavy atom. The van der Waals surface area contributed by atoms with Gasteiger partial charge in [0.05, 0.1) is 12.7 Å². The van der Waals surface area contributed by atoms with E-state index in [1.165, 1.54) is 6.07 Å². The van der Waals surface area contributed by atoms with Gasteiger partial charge in [0.2, 0.25) is 0 Å². The lowest BCUT2D eigenvalue weighted by atomic mass is 9.92. The van der Waals surface area contributed by atoms with Gasteiger partial charge in [0.15, 0.2) is 11.6 Å². The van der Waals surface area contributed by atoms with Gasteiger partial charge in [-0.3, -0.25) is 0 Å². The lowest BCUT2D eigenvalue weighted by molar-refractivity contribution is -0.00711. The number of ether oxygens (including phenoxy) is 1. The highest BCUT2D eigenvalue weighted by Crippen LogP contribution is 2.35. The summed E-state index contributed by atoms with van der Waals surface area (Å²) in [5.41, 5.74) is 3.36. The van der Waals surface area contributed by atoms with Crippen molar-refractivity contribution in [3.05, 3.63) is 95.3 Å². The molecule has 0 amide bonds. The maximum atomic E-state index is 14.9. The van der Waals surface area contributed by atoms with Crippen molar-refractivity contribution in [1.29, 1.82) is 0 Å². The van der Waals surface area contributed by atoms with E-state index in [9.17, 15) is 13.2 Å². The van der Waals surface area contributed by atoms with Gasteiger partial charge in [-0.15, -0.1) is 0 Å². The molecule has 3 aromatic carbocycles. The zero-order valence-electron chi connectivity index (χ0n) is 19.8. The summed E-state index contributed by atoms with van der Waals surface area (Å²) in [7, 11) is 0. The topological polar surface area (TPSA) is 9.23 Å². The van der Waals surface area contributed by atoms with E-state index in [1.807, 2.05) is 38.1 Å². The van der Waals surface area contributed by atoms with E-state index < -0.39 is 11.6 Å². The van der Waals surface area contributed by atoms with Crippen LogP contribution in [-0.4, -0.2) is 6.61 Å². The maximum absolute atomic E-state index is 14.9. The fourth-order valence-electron chi connectivity index (χ4n) is 4.62. The van der Waals surface area contributed by atoms with Crippen LogP contribution in [-0.2, 0) is 11.2 Å². The quantitative estimate of drug-likeness (QED) is 0.317. The second-order valence-corrected chi connectivity index (χ2v) is 9.00. The highest BCUT2D eigenvalue weighted by molar-refractivity contribution is 5.71. The molecule has 0 spiro atoms. The predicted octanol–water partition coefficient (Wildman–Crippen LogP) is 8.82. The summed E-state index contributed by atoms with van der Waals surface area (Å²) in [6, 6.07) is 15.6. The minimum Gasteiger partial charge on any atom is -0.373 e. The second-order valence-electron chi connectivity index (χ2n) is 9.00. The summed E-state index contributed by atoms with van der Waals surface area (Å²) in [5.74, 6) is -1.48. The summed E-state index contributed by atoms with van der Waals surface area (Å²) >= 11 is 0. The van der Waals surface area contributed by atoms with E-state index in [1.54, 1.807) is 30.3 Å². The first-order valence-electron chi connectivity index (χ1n) is 12.1. The molecule has 1 heterocycles. The number of aryl methyl sites for hydroxylation is 1. The molecule has 1 fully saturated rings. The molecule has 2 unspecified atom stereocenters. The van der Waals surface area contributed by atoms with Gasteiger partial charge in [-0.25, -0.2) is 13.2 Å². The molecule has 178 valence electrons. The molecule has 4 heteroatoms. The number of unbranched alkanes of at least 4 members (excludes halogenated alkanes) is 1. The maximum Gasteiger partial charge on any atom is 0.166 e. The van der Waals surface area contributed by atoms with Crippen molar-refractivity contribution >= 4 is 0 Å². The normalized spacial score (nSPS) is 18.5. The van der Waals surface area contributed by atoms with Gasteiger partial charge in [-0.05, 0) is 60.9 Å². The molecular formula is C30H31F3O. The minimum atomic E-state index is -0.819. The average Bonchev–Trinajstić information content (AvgIpc) is 2.86. The zero-order chi connectivity index (χ0) is 24.1. The Kier molecular flexibility index (Phi) is 7.89. The minimum absolute atomic E-state index is 0.226. The number of hydrogen-bond donors (Lipinski definition) is 0. The molecule has 4 rings (SSSR count). The molecule has 0 aliphatic carbocycles. The number of hydrogen-bond acceptors (Lipinski definition) is 1. The van der Waals surface area contributed by atoms with Crippen molar-refractivity contribution in [3.8, 4) is 22.3 Å². The van der Waals surface area contributed by atoms with Crippen molar-refractivity contribution in [2.75, 3.05) is 6.61 Å². The predicted molar refractivity (Wildman–Crippen MR) is 132 cm³/mol. The highest BCUT2D eigenvalue weighted by atomic mass is 19.2. The summed E-state index contributed by atoms with van der Waals surface area (Å²) < 4.78 is 50.0. The van der Waals surface area contributed by atoms with Crippen LogP contribution in [0.15, 0.2) is 66.7 Å². The third kappa shape index (κ3) is 5.28. The van der Waals surface area contributed by atoms with E-state index in [2.05, 4.69) is 6.08 Å². The monoisotopic (exact) mass is 464 g/mol. The second kappa shape index (κ2) is 11.1. The number of rotatable bonds is 7. The summed E-state index contributed by atoms with van der Waals surface area (Å²) in [6.45, 7) is 4.62. The Morgan fingerprint density at radius 2 is 1.62 bits per heavy atom. The van der Waals surface area contributed by atoms with Crippen LogP contribution in [0.5, 0.6) is 0 Å².